The summed E-state index contributed by atoms with van der Waals surface area (Å²) in [6.45, 7) is 3.04. The molecule has 0 unspecified atom stereocenters. The van der Waals surface area contributed by atoms with Crippen molar-refractivity contribution in [3.8, 4) is 0 Å². The average Bonchev–Trinajstić information content (AvgIpc) is 2.03. The normalized spacial score (nSPS) is 19.1. The summed E-state index contributed by atoms with van der Waals surface area (Å²) in [4.78, 5) is 0. The molecule has 0 saturated carbocycles. The highest BCUT2D eigenvalue weighted by Crippen LogP contribution is 2.08. The third-order valence-electron chi connectivity index (χ3n) is 1.78. The monoisotopic (exact) mass is 141 g/mol. The van der Waals surface area contributed by atoms with Gasteiger partial charge in [-0.2, -0.15) is 0 Å². The molecule has 0 aromatic carbocycles. The summed E-state index contributed by atoms with van der Waals surface area (Å²) in [6, 6.07) is 0. The second-order valence-corrected chi connectivity index (χ2v) is 2.57. The van der Waals surface area contributed by atoms with Crippen LogP contribution in [0.3, 0.4) is 0 Å². The minimum Gasteiger partial charge on any atom is -0.381 e. The van der Waals surface area contributed by atoms with Crippen molar-refractivity contribution in [2.45, 2.75) is 12.8 Å². The number of piperidine rings is 1. The number of rotatable bonds is 2. The first-order chi connectivity index (χ1) is 4.93. The van der Waals surface area contributed by atoms with Crippen LogP contribution < -0.4 is 5.32 Å². The van der Waals surface area contributed by atoms with Gasteiger partial charge in [-0.05, 0) is 25.9 Å². The van der Waals surface area contributed by atoms with E-state index in [0.29, 0.717) is 0 Å². The molecule has 1 saturated heterocycles. The molecule has 1 aliphatic rings. The lowest BCUT2D eigenvalue weighted by molar-refractivity contribution is 0.232. The van der Waals surface area contributed by atoms with Gasteiger partial charge in [0.1, 0.15) is 0 Å². The Kier molecular flexibility index (Phi) is 3.47. The summed E-state index contributed by atoms with van der Waals surface area (Å²) in [5.41, 5.74) is 1.54. The van der Waals surface area contributed by atoms with Gasteiger partial charge in [0.25, 0.3) is 0 Å². The Labute approximate surface area is 62.3 Å². The number of hydrogen-bond acceptors (Lipinski definition) is 2. The van der Waals surface area contributed by atoms with E-state index < -0.39 is 0 Å². The summed E-state index contributed by atoms with van der Waals surface area (Å²) >= 11 is 0. The highest BCUT2D eigenvalue weighted by molar-refractivity contribution is 5.05. The fourth-order valence-electron chi connectivity index (χ4n) is 1.15. The molecule has 2 nitrogen and oxygen atoms in total. The number of hydrogen-bond donors (Lipinski definition) is 1. The molecule has 1 rings (SSSR count). The molecule has 0 bridgehead atoms. The average molecular weight is 141 g/mol. The summed E-state index contributed by atoms with van der Waals surface area (Å²) in [6.07, 6.45) is 4.59. The fourth-order valence-corrected chi connectivity index (χ4v) is 1.15. The first kappa shape index (κ1) is 7.76. The van der Waals surface area contributed by atoms with Crippen molar-refractivity contribution in [2.24, 2.45) is 0 Å². The van der Waals surface area contributed by atoms with Gasteiger partial charge in [0, 0.05) is 7.11 Å². The third-order valence-corrected chi connectivity index (χ3v) is 1.78. The second-order valence-electron chi connectivity index (χ2n) is 2.57. The van der Waals surface area contributed by atoms with Crippen LogP contribution in [0, 0.1) is 0 Å². The molecule has 2 heteroatoms. The third kappa shape index (κ3) is 2.50. The molecule has 10 heavy (non-hydrogen) atoms. The Balaban J connectivity index is 2.23. The Morgan fingerprint density at radius 2 is 2.20 bits per heavy atom. The van der Waals surface area contributed by atoms with Gasteiger partial charge in [0.05, 0.1) is 6.61 Å². The van der Waals surface area contributed by atoms with Gasteiger partial charge >= 0.3 is 0 Å². The lowest BCUT2D eigenvalue weighted by atomic mass is 10.1. The SMILES string of the molecule is COCC=C1CCNCC1. The first-order valence-electron chi connectivity index (χ1n) is 3.81. The van der Waals surface area contributed by atoms with E-state index in [-0.39, 0.29) is 0 Å². The zero-order valence-electron chi connectivity index (χ0n) is 6.52. The zero-order chi connectivity index (χ0) is 7.23. The smallest absolute Gasteiger partial charge is 0.0646 e. The van der Waals surface area contributed by atoms with Crippen molar-refractivity contribution >= 4 is 0 Å². The number of nitrogens with one attached hydrogen (secondary N) is 1. The van der Waals surface area contributed by atoms with Crippen LogP contribution in [0.5, 0.6) is 0 Å². The molecule has 1 N–H and O–H groups in total. The van der Waals surface area contributed by atoms with E-state index in [1.165, 1.54) is 12.8 Å². The predicted molar refractivity (Wildman–Crippen MR) is 42.1 cm³/mol. The first-order valence-corrected chi connectivity index (χ1v) is 3.81. The molecule has 0 aromatic rings. The van der Waals surface area contributed by atoms with Gasteiger partial charge in [0.2, 0.25) is 0 Å². The van der Waals surface area contributed by atoms with Crippen molar-refractivity contribution in [1.82, 2.24) is 5.32 Å². The van der Waals surface area contributed by atoms with Gasteiger partial charge in [-0.15, -0.1) is 0 Å². The molecular formula is C8H15NO. The summed E-state index contributed by atoms with van der Waals surface area (Å²) < 4.78 is 4.95. The molecule has 1 aliphatic heterocycles. The number of ether oxygens (including phenoxy) is 1. The Hall–Kier alpha value is -0.340. The molecule has 0 atom stereocenters. The maximum atomic E-state index is 4.95. The summed E-state index contributed by atoms with van der Waals surface area (Å²) in [5.74, 6) is 0. The molecule has 0 aromatic heterocycles. The Bertz CT molecular complexity index is 112. The zero-order valence-corrected chi connectivity index (χ0v) is 6.52. The van der Waals surface area contributed by atoms with Gasteiger partial charge in [-0.1, -0.05) is 11.6 Å². The summed E-state index contributed by atoms with van der Waals surface area (Å²) in [7, 11) is 1.73. The molecule has 0 radical (unpaired) electrons. The van der Waals surface area contributed by atoms with Gasteiger partial charge in [-0.25, -0.2) is 0 Å². The quantitative estimate of drug-likeness (QED) is 0.578. The highest BCUT2D eigenvalue weighted by atomic mass is 16.5. The van der Waals surface area contributed by atoms with E-state index in [1.807, 2.05) is 0 Å². The Morgan fingerprint density at radius 1 is 1.50 bits per heavy atom. The van der Waals surface area contributed by atoms with Crippen LogP contribution in [0.4, 0.5) is 0 Å². The molecule has 0 amide bonds. The van der Waals surface area contributed by atoms with Crippen LogP contribution in [0.1, 0.15) is 12.8 Å². The number of methoxy groups -OCH3 is 1. The highest BCUT2D eigenvalue weighted by Gasteiger charge is 2.02. The van der Waals surface area contributed by atoms with Crippen molar-refractivity contribution in [2.75, 3.05) is 26.8 Å². The van der Waals surface area contributed by atoms with Crippen molar-refractivity contribution in [1.29, 1.82) is 0 Å². The lowest BCUT2D eigenvalue weighted by Gasteiger charge is -2.14. The molecular weight excluding hydrogens is 126 g/mol. The molecule has 1 fully saturated rings. The largest absolute Gasteiger partial charge is 0.381 e. The topological polar surface area (TPSA) is 21.3 Å². The molecule has 0 spiro atoms. The standard InChI is InChI=1S/C8H15NO/c1-10-7-4-8-2-5-9-6-3-8/h4,9H,2-3,5-7H2,1H3. The molecule has 58 valence electrons. The van der Waals surface area contributed by atoms with Crippen molar-refractivity contribution in [3.05, 3.63) is 11.6 Å². The minimum atomic E-state index is 0.773. The van der Waals surface area contributed by atoms with E-state index >= 15 is 0 Å². The van der Waals surface area contributed by atoms with E-state index in [9.17, 15) is 0 Å². The van der Waals surface area contributed by atoms with Crippen LogP contribution in [0.25, 0.3) is 0 Å². The van der Waals surface area contributed by atoms with Gasteiger partial charge in [-0.3, -0.25) is 0 Å². The van der Waals surface area contributed by atoms with Crippen LogP contribution in [0.15, 0.2) is 11.6 Å². The van der Waals surface area contributed by atoms with E-state index in [2.05, 4.69) is 11.4 Å². The van der Waals surface area contributed by atoms with Crippen LogP contribution in [0.2, 0.25) is 0 Å². The maximum absolute atomic E-state index is 4.95. The van der Waals surface area contributed by atoms with Gasteiger partial charge < -0.3 is 10.1 Å². The van der Waals surface area contributed by atoms with Gasteiger partial charge in [0.15, 0.2) is 0 Å². The minimum absolute atomic E-state index is 0.773. The second kappa shape index (κ2) is 4.47. The van der Waals surface area contributed by atoms with E-state index in [4.69, 9.17) is 4.74 Å². The van der Waals surface area contributed by atoms with Crippen LogP contribution >= 0.6 is 0 Å². The fraction of sp³-hybridized carbons (Fsp3) is 0.750. The van der Waals surface area contributed by atoms with Crippen LogP contribution in [-0.2, 0) is 4.74 Å². The van der Waals surface area contributed by atoms with E-state index in [0.717, 1.165) is 19.7 Å². The maximum Gasteiger partial charge on any atom is 0.0646 e. The van der Waals surface area contributed by atoms with E-state index in [1.54, 1.807) is 12.7 Å². The van der Waals surface area contributed by atoms with Crippen molar-refractivity contribution in [3.63, 3.8) is 0 Å². The lowest BCUT2D eigenvalue weighted by Crippen LogP contribution is -2.23. The van der Waals surface area contributed by atoms with Crippen molar-refractivity contribution < 1.29 is 4.74 Å². The van der Waals surface area contributed by atoms with Crippen LogP contribution in [-0.4, -0.2) is 26.8 Å². The molecule has 1 heterocycles. The Morgan fingerprint density at radius 3 is 2.80 bits per heavy atom. The summed E-state index contributed by atoms with van der Waals surface area (Å²) in [5, 5.41) is 3.31. The molecule has 0 aliphatic carbocycles. The predicted octanol–water partition coefficient (Wildman–Crippen LogP) is 0.943.